The summed E-state index contributed by atoms with van der Waals surface area (Å²) < 4.78 is 0. The average Bonchev–Trinajstić information content (AvgIpc) is 2.93. The molecule has 1 aromatic carbocycles. The number of hydrogen-bond acceptors (Lipinski definition) is 3. The maximum atomic E-state index is 10.9. The number of carboxylic acid groups (broad SMARTS) is 1. The predicted octanol–water partition coefficient (Wildman–Crippen LogP) is 2.80. The minimum Gasteiger partial charge on any atom is -0.478 e. The Bertz CT molecular complexity index is 648. The van der Waals surface area contributed by atoms with Crippen molar-refractivity contribution in [3.05, 3.63) is 53.1 Å². The molecule has 22 heavy (non-hydrogen) atoms. The molecule has 1 aliphatic heterocycles. The van der Waals surface area contributed by atoms with Crippen LogP contribution in [0.15, 0.2) is 30.6 Å². The molecule has 5 nitrogen and oxygen atoms in total. The molecule has 2 heterocycles. The maximum absolute atomic E-state index is 10.9. The smallest absolute Gasteiger partial charge is 0.335 e. The van der Waals surface area contributed by atoms with Crippen LogP contribution in [0.2, 0.25) is 0 Å². The van der Waals surface area contributed by atoms with E-state index in [-0.39, 0.29) is 0 Å². The summed E-state index contributed by atoms with van der Waals surface area (Å²) in [5.41, 5.74) is 3.83. The van der Waals surface area contributed by atoms with Gasteiger partial charge in [-0.2, -0.15) is 0 Å². The Labute approximate surface area is 130 Å². The molecule has 116 valence electrons. The quantitative estimate of drug-likeness (QED) is 0.911. The van der Waals surface area contributed by atoms with E-state index in [1.165, 1.54) is 5.56 Å². The second kappa shape index (κ2) is 6.32. The normalized spacial score (nSPS) is 19.2. The maximum Gasteiger partial charge on any atom is 0.335 e. The lowest BCUT2D eigenvalue weighted by Crippen LogP contribution is -2.34. The van der Waals surface area contributed by atoms with Gasteiger partial charge in [0.05, 0.1) is 17.6 Å². The van der Waals surface area contributed by atoms with Gasteiger partial charge < -0.3 is 10.1 Å². The number of aromatic amines is 1. The molecular weight excluding hydrogens is 278 g/mol. The van der Waals surface area contributed by atoms with Gasteiger partial charge in [0.2, 0.25) is 0 Å². The van der Waals surface area contributed by atoms with Gasteiger partial charge in [-0.05, 0) is 49.9 Å². The fourth-order valence-corrected chi connectivity index (χ4v) is 3.13. The van der Waals surface area contributed by atoms with E-state index in [2.05, 4.69) is 14.9 Å². The Morgan fingerprint density at radius 3 is 2.82 bits per heavy atom. The summed E-state index contributed by atoms with van der Waals surface area (Å²) >= 11 is 0. The minimum absolute atomic E-state index is 0.351. The highest BCUT2D eigenvalue weighted by molar-refractivity contribution is 5.87. The third-order valence-electron chi connectivity index (χ3n) is 4.44. The molecule has 0 saturated carbocycles. The van der Waals surface area contributed by atoms with Crippen molar-refractivity contribution in [2.75, 3.05) is 13.1 Å². The second-order valence-corrected chi connectivity index (χ2v) is 5.98. The molecule has 1 saturated heterocycles. The number of piperidine rings is 1. The first-order chi connectivity index (χ1) is 10.6. The van der Waals surface area contributed by atoms with Crippen LogP contribution in [0.3, 0.4) is 0 Å². The number of nitrogens with one attached hydrogen (secondary N) is 1. The molecule has 0 aliphatic carbocycles. The summed E-state index contributed by atoms with van der Waals surface area (Å²) in [6, 6.07) is 7.32. The number of aryl methyl sites for hydroxylation is 1. The first-order valence-corrected chi connectivity index (χ1v) is 7.68. The van der Waals surface area contributed by atoms with Crippen LogP contribution in [0.1, 0.15) is 46.1 Å². The van der Waals surface area contributed by atoms with Crippen LogP contribution >= 0.6 is 0 Å². The summed E-state index contributed by atoms with van der Waals surface area (Å²) in [6.07, 6.45) is 4.06. The van der Waals surface area contributed by atoms with Crippen LogP contribution in [0.4, 0.5) is 0 Å². The van der Waals surface area contributed by atoms with E-state index in [0.717, 1.165) is 43.9 Å². The molecule has 0 unspecified atom stereocenters. The molecule has 0 bridgehead atoms. The molecule has 2 N–H and O–H groups in total. The van der Waals surface area contributed by atoms with Gasteiger partial charge >= 0.3 is 5.97 Å². The Morgan fingerprint density at radius 2 is 2.18 bits per heavy atom. The van der Waals surface area contributed by atoms with Crippen molar-refractivity contribution >= 4 is 5.97 Å². The molecule has 0 spiro atoms. The number of nitrogens with zero attached hydrogens (tertiary/aromatic N) is 2. The molecular formula is C17H21N3O2. The summed E-state index contributed by atoms with van der Waals surface area (Å²) in [5, 5.41) is 8.98. The first kappa shape index (κ1) is 14.8. The van der Waals surface area contributed by atoms with Gasteiger partial charge in [0.15, 0.2) is 0 Å². The lowest BCUT2D eigenvalue weighted by molar-refractivity contribution is 0.0697. The summed E-state index contributed by atoms with van der Waals surface area (Å²) in [4.78, 5) is 20.9. The number of carboxylic acids is 1. The number of H-pyrrole nitrogens is 1. The average molecular weight is 299 g/mol. The number of aromatic carboxylic acids is 1. The van der Waals surface area contributed by atoms with Crippen LogP contribution in [0.25, 0.3) is 0 Å². The van der Waals surface area contributed by atoms with E-state index < -0.39 is 5.97 Å². The Morgan fingerprint density at radius 1 is 1.41 bits per heavy atom. The fraction of sp³-hybridized carbons (Fsp3) is 0.412. The molecule has 1 fully saturated rings. The highest BCUT2D eigenvalue weighted by Gasteiger charge is 2.22. The van der Waals surface area contributed by atoms with E-state index in [1.807, 2.05) is 19.1 Å². The van der Waals surface area contributed by atoms with Crippen LogP contribution in [0, 0.1) is 6.92 Å². The third kappa shape index (κ3) is 3.20. The van der Waals surface area contributed by atoms with E-state index in [1.54, 1.807) is 18.5 Å². The zero-order valence-corrected chi connectivity index (χ0v) is 12.7. The van der Waals surface area contributed by atoms with E-state index in [0.29, 0.717) is 11.5 Å². The SMILES string of the molecule is Cc1[nH]cnc1CN1CCC[C@@H](c2ccc(C(=O)O)cc2)C1. The number of aromatic nitrogens is 2. The van der Waals surface area contributed by atoms with Gasteiger partial charge in [-0.25, -0.2) is 9.78 Å². The largest absolute Gasteiger partial charge is 0.478 e. The number of likely N-dealkylation sites (tertiary alicyclic amines) is 1. The number of hydrogen-bond donors (Lipinski definition) is 2. The molecule has 5 heteroatoms. The second-order valence-electron chi connectivity index (χ2n) is 5.98. The number of imidazole rings is 1. The Balaban J connectivity index is 1.67. The molecule has 0 amide bonds. The van der Waals surface area contributed by atoms with Gasteiger partial charge in [0.25, 0.3) is 0 Å². The van der Waals surface area contributed by atoms with Crippen molar-refractivity contribution in [2.45, 2.75) is 32.2 Å². The van der Waals surface area contributed by atoms with Crippen molar-refractivity contribution in [1.29, 1.82) is 0 Å². The Hall–Kier alpha value is -2.14. The zero-order valence-electron chi connectivity index (χ0n) is 12.7. The highest BCUT2D eigenvalue weighted by Crippen LogP contribution is 2.28. The Kier molecular flexibility index (Phi) is 4.24. The standard InChI is InChI=1S/C17H21N3O2/c1-12-16(19-11-18-12)10-20-8-2-3-15(9-20)13-4-6-14(7-5-13)17(21)22/h4-7,11,15H,2-3,8-10H2,1H3,(H,18,19)(H,21,22)/t15-/m1/s1. The van der Waals surface area contributed by atoms with Crippen LogP contribution in [-0.4, -0.2) is 39.0 Å². The minimum atomic E-state index is -0.870. The molecule has 0 radical (unpaired) electrons. The van der Waals surface area contributed by atoms with Crippen molar-refractivity contribution in [3.63, 3.8) is 0 Å². The highest BCUT2D eigenvalue weighted by atomic mass is 16.4. The molecule has 1 atom stereocenters. The number of rotatable bonds is 4. The van der Waals surface area contributed by atoms with Gasteiger partial charge in [-0.3, -0.25) is 4.90 Å². The zero-order chi connectivity index (χ0) is 15.5. The molecule has 2 aromatic rings. The van der Waals surface area contributed by atoms with E-state index in [4.69, 9.17) is 5.11 Å². The van der Waals surface area contributed by atoms with E-state index in [9.17, 15) is 4.79 Å². The van der Waals surface area contributed by atoms with Gasteiger partial charge in [0, 0.05) is 18.8 Å². The topological polar surface area (TPSA) is 69.2 Å². The van der Waals surface area contributed by atoms with Crippen molar-refractivity contribution in [3.8, 4) is 0 Å². The summed E-state index contributed by atoms with van der Waals surface area (Å²) in [6.45, 7) is 5.02. The molecule has 1 aromatic heterocycles. The molecule has 1 aliphatic rings. The fourth-order valence-electron chi connectivity index (χ4n) is 3.13. The van der Waals surface area contributed by atoms with Gasteiger partial charge in [-0.15, -0.1) is 0 Å². The number of carbonyl (C=O) groups is 1. The summed E-state index contributed by atoms with van der Waals surface area (Å²) in [5.74, 6) is -0.401. The summed E-state index contributed by atoms with van der Waals surface area (Å²) in [7, 11) is 0. The van der Waals surface area contributed by atoms with Gasteiger partial charge in [0.1, 0.15) is 0 Å². The molecule has 3 rings (SSSR count). The predicted molar refractivity (Wildman–Crippen MR) is 84.0 cm³/mol. The van der Waals surface area contributed by atoms with Crippen LogP contribution in [0.5, 0.6) is 0 Å². The third-order valence-corrected chi connectivity index (χ3v) is 4.44. The van der Waals surface area contributed by atoms with Crippen molar-refractivity contribution in [2.24, 2.45) is 0 Å². The van der Waals surface area contributed by atoms with Crippen LogP contribution < -0.4 is 0 Å². The monoisotopic (exact) mass is 299 g/mol. The van der Waals surface area contributed by atoms with E-state index >= 15 is 0 Å². The lowest BCUT2D eigenvalue weighted by atomic mass is 9.90. The van der Waals surface area contributed by atoms with Crippen LogP contribution in [-0.2, 0) is 6.54 Å². The van der Waals surface area contributed by atoms with Gasteiger partial charge in [-0.1, -0.05) is 12.1 Å². The van der Waals surface area contributed by atoms with Crippen molar-refractivity contribution < 1.29 is 9.90 Å². The lowest BCUT2D eigenvalue weighted by Gasteiger charge is -2.32. The first-order valence-electron chi connectivity index (χ1n) is 7.68. The number of benzene rings is 1. The van der Waals surface area contributed by atoms with Crippen molar-refractivity contribution in [1.82, 2.24) is 14.9 Å².